The zero-order valence-electron chi connectivity index (χ0n) is 8.99. The molecule has 6 nitrogen and oxygen atoms in total. The number of carbonyl (C=O) groups excluding carboxylic acids is 2. The van der Waals surface area contributed by atoms with Crippen molar-refractivity contribution >= 4 is 35.4 Å². The van der Waals surface area contributed by atoms with E-state index >= 15 is 0 Å². The van der Waals surface area contributed by atoms with Gasteiger partial charge >= 0.3 is 23.1 Å². The summed E-state index contributed by atoms with van der Waals surface area (Å²) in [5.74, 6) is 0. The maximum Gasteiger partial charge on any atom is 2.00 e. The second-order valence-corrected chi connectivity index (χ2v) is 2.20. The van der Waals surface area contributed by atoms with Crippen molar-refractivity contribution in [3.05, 3.63) is 0 Å². The Balaban J connectivity index is -0.000000180. The molecule has 0 rings (SSSR count). The van der Waals surface area contributed by atoms with Gasteiger partial charge in [-0.05, 0) is 12.8 Å². The van der Waals surface area contributed by atoms with Gasteiger partial charge in [0.25, 0.3) is 12.3 Å². The van der Waals surface area contributed by atoms with Crippen LogP contribution in [0.4, 0.5) is 9.59 Å². The van der Waals surface area contributed by atoms with Crippen LogP contribution in [0.15, 0.2) is 0 Å². The van der Waals surface area contributed by atoms with Crippen LogP contribution in [0.25, 0.3) is 0 Å². The predicted molar refractivity (Wildman–Crippen MR) is 49.0 cm³/mol. The first-order valence-corrected chi connectivity index (χ1v) is 4.22. The predicted octanol–water partition coefficient (Wildman–Crippen LogP) is -0.868. The van der Waals surface area contributed by atoms with Crippen molar-refractivity contribution in [1.29, 1.82) is 0 Å². The van der Waals surface area contributed by atoms with E-state index in [1.807, 2.05) is 13.8 Å². The molecule has 84 valence electrons. The third-order valence-electron chi connectivity index (χ3n) is 0.848. The van der Waals surface area contributed by atoms with E-state index < -0.39 is 12.3 Å². The van der Waals surface area contributed by atoms with Crippen molar-refractivity contribution in [2.75, 3.05) is 13.2 Å². The maximum atomic E-state index is 9.42. The molecule has 0 radical (unpaired) electrons. The van der Waals surface area contributed by atoms with Gasteiger partial charge in [0.2, 0.25) is 0 Å². The molecule has 0 aliphatic heterocycles. The molecule has 15 heavy (non-hydrogen) atoms. The summed E-state index contributed by atoms with van der Waals surface area (Å²) in [5.41, 5.74) is 0. The topological polar surface area (TPSA) is 98.7 Å². The number of carbonyl (C=O) groups is 2. The fraction of sp³-hybridized carbons (Fsp3) is 0.750. The van der Waals surface area contributed by atoms with Gasteiger partial charge in [0, 0.05) is 13.2 Å². The summed E-state index contributed by atoms with van der Waals surface area (Å²) in [6.45, 7) is 4.12. The van der Waals surface area contributed by atoms with Gasteiger partial charge in [-0.25, -0.2) is 0 Å². The van der Waals surface area contributed by atoms with E-state index in [4.69, 9.17) is 0 Å². The van der Waals surface area contributed by atoms with Crippen LogP contribution in [0, 0.1) is 0 Å². The van der Waals surface area contributed by atoms with Crippen LogP contribution in [-0.2, 0) is 9.47 Å². The molecule has 0 saturated heterocycles. The average molecular weight is 230 g/mol. The van der Waals surface area contributed by atoms with E-state index in [-0.39, 0.29) is 36.3 Å². The van der Waals surface area contributed by atoms with Gasteiger partial charge < -0.3 is 29.3 Å². The minimum absolute atomic E-state index is 0. The number of carboxylic acid groups (broad SMARTS) is 2. The second kappa shape index (κ2) is 15.8. The molecular weight excluding hydrogens is 216 g/mol. The number of rotatable bonds is 4. The van der Waals surface area contributed by atoms with E-state index in [0.717, 1.165) is 0 Å². The minimum Gasteiger partial charge on any atom is -0.550 e. The monoisotopic (exact) mass is 230 g/mol. The van der Waals surface area contributed by atoms with Gasteiger partial charge in [-0.3, -0.25) is 0 Å². The average Bonchev–Trinajstić information content (AvgIpc) is 2.12. The number of hydrogen-bond acceptors (Lipinski definition) is 6. The van der Waals surface area contributed by atoms with Gasteiger partial charge in [-0.1, -0.05) is 13.8 Å². The molecule has 0 amide bonds. The first kappa shape index (κ1) is 19.8. The fourth-order valence-corrected chi connectivity index (χ4v) is 0.371. The fourth-order valence-electron chi connectivity index (χ4n) is 0.371. The van der Waals surface area contributed by atoms with Crippen LogP contribution >= 0.6 is 0 Å². The van der Waals surface area contributed by atoms with E-state index in [1.165, 1.54) is 0 Å². The van der Waals surface area contributed by atoms with Gasteiger partial charge in [0.1, 0.15) is 0 Å². The SMILES string of the molecule is CCCOC(=O)[O-].CCCOC(=O)[O-].[Mg+2]. The number of ether oxygens (including phenoxy) is 2. The molecule has 0 heterocycles. The van der Waals surface area contributed by atoms with Crippen molar-refractivity contribution in [2.45, 2.75) is 26.7 Å². The molecule has 0 saturated carbocycles. The molecule has 0 aromatic heterocycles. The first-order valence-electron chi connectivity index (χ1n) is 4.22. The first-order chi connectivity index (χ1) is 6.54. The zero-order chi connectivity index (χ0) is 11.4. The quantitative estimate of drug-likeness (QED) is 0.460. The molecule has 7 heteroatoms. The zero-order valence-corrected chi connectivity index (χ0v) is 10.4. The Kier molecular flexibility index (Phi) is 20.8. The van der Waals surface area contributed by atoms with Crippen molar-refractivity contribution in [3.63, 3.8) is 0 Å². The Hall–Kier alpha value is -0.694. The molecule has 0 unspecified atom stereocenters. The standard InChI is InChI=1S/2C4H8O3.Mg/c2*1-2-3-7-4(5)6;/h2*2-3H2,1H3,(H,5,6);/q;;+2/p-2. The molecule has 0 aromatic carbocycles. The smallest absolute Gasteiger partial charge is 0.550 e. The Morgan fingerprint density at radius 1 is 0.933 bits per heavy atom. The molecule has 0 N–H and O–H groups in total. The summed E-state index contributed by atoms with van der Waals surface area (Å²) in [4.78, 5) is 18.8. The van der Waals surface area contributed by atoms with Crippen LogP contribution in [0.1, 0.15) is 26.7 Å². The van der Waals surface area contributed by atoms with Crippen LogP contribution in [0.5, 0.6) is 0 Å². The van der Waals surface area contributed by atoms with Crippen LogP contribution in [0.3, 0.4) is 0 Å². The van der Waals surface area contributed by atoms with Gasteiger partial charge in [0.15, 0.2) is 0 Å². The van der Waals surface area contributed by atoms with Crippen LogP contribution in [-0.4, -0.2) is 48.6 Å². The van der Waals surface area contributed by atoms with Crippen LogP contribution in [0.2, 0.25) is 0 Å². The van der Waals surface area contributed by atoms with E-state index in [1.54, 1.807) is 0 Å². The summed E-state index contributed by atoms with van der Waals surface area (Å²) in [6.07, 6.45) is -1.48. The largest absolute Gasteiger partial charge is 2.00 e. The van der Waals surface area contributed by atoms with Gasteiger partial charge in [-0.2, -0.15) is 0 Å². The minimum atomic E-state index is -1.44. The molecule has 0 aliphatic rings. The Labute approximate surface area is 105 Å². The molecule has 0 bridgehead atoms. The Bertz CT molecular complexity index is 143. The molecule has 0 spiro atoms. The summed E-state index contributed by atoms with van der Waals surface area (Å²) >= 11 is 0. The molecule has 0 atom stereocenters. The summed E-state index contributed by atoms with van der Waals surface area (Å²) in [6, 6.07) is 0. The second-order valence-electron chi connectivity index (χ2n) is 2.20. The normalized spacial score (nSPS) is 7.60. The van der Waals surface area contributed by atoms with Crippen molar-refractivity contribution in [2.24, 2.45) is 0 Å². The Morgan fingerprint density at radius 3 is 1.27 bits per heavy atom. The van der Waals surface area contributed by atoms with Crippen molar-refractivity contribution < 1.29 is 29.3 Å². The summed E-state index contributed by atoms with van der Waals surface area (Å²) in [7, 11) is 0. The molecular formula is C8H14MgO6. The summed E-state index contributed by atoms with van der Waals surface area (Å²) < 4.78 is 7.99. The number of hydrogen-bond donors (Lipinski definition) is 0. The third kappa shape index (κ3) is 31.9. The maximum absolute atomic E-state index is 9.42. The molecule has 0 aliphatic carbocycles. The van der Waals surface area contributed by atoms with E-state index in [2.05, 4.69) is 9.47 Å². The van der Waals surface area contributed by atoms with E-state index in [9.17, 15) is 19.8 Å². The van der Waals surface area contributed by atoms with Crippen molar-refractivity contribution in [1.82, 2.24) is 0 Å². The van der Waals surface area contributed by atoms with E-state index in [0.29, 0.717) is 12.8 Å². The molecule has 0 fully saturated rings. The third-order valence-corrected chi connectivity index (χ3v) is 0.848. The van der Waals surface area contributed by atoms with Crippen LogP contribution < -0.4 is 10.2 Å². The summed E-state index contributed by atoms with van der Waals surface area (Å²) in [5, 5.41) is 18.8. The Morgan fingerprint density at radius 2 is 1.20 bits per heavy atom. The molecule has 0 aromatic rings. The van der Waals surface area contributed by atoms with Crippen molar-refractivity contribution in [3.8, 4) is 0 Å². The van der Waals surface area contributed by atoms with Gasteiger partial charge in [-0.15, -0.1) is 0 Å². The van der Waals surface area contributed by atoms with Gasteiger partial charge in [0.05, 0.1) is 0 Å².